The first-order chi connectivity index (χ1) is 11.8. The number of rotatable bonds is 4. The number of carbonyl (C=O) groups excluding carboxylic acids is 1. The summed E-state index contributed by atoms with van der Waals surface area (Å²) in [4.78, 5) is 13.8. The number of fused-ring (bicyclic) bond motifs is 2. The van der Waals surface area contributed by atoms with Gasteiger partial charge in [0.05, 0.1) is 18.1 Å². The van der Waals surface area contributed by atoms with Gasteiger partial charge < -0.3 is 20.4 Å². The van der Waals surface area contributed by atoms with Gasteiger partial charge >= 0.3 is 16.4 Å². The zero-order chi connectivity index (χ0) is 17.8. The lowest BCUT2D eigenvalue weighted by Crippen LogP contribution is -2.35. The van der Waals surface area contributed by atoms with Crippen molar-refractivity contribution in [3.63, 3.8) is 0 Å². The number of hydroxylamine groups is 2. The molecule has 12 nitrogen and oxygen atoms in total. The van der Waals surface area contributed by atoms with Gasteiger partial charge in [0.25, 0.3) is 0 Å². The molecule has 0 saturated carbocycles. The second-order valence-corrected chi connectivity index (χ2v) is 7.44. The minimum atomic E-state index is -4.77. The number of piperidine rings is 1. The molecule has 4 atom stereocenters. The Morgan fingerprint density at radius 2 is 2.08 bits per heavy atom. The van der Waals surface area contributed by atoms with Crippen molar-refractivity contribution >= 4 is 16.4 Å². The van der Waals surface area contributed by atoms with Crippen LogP contribution in [0.1, 0.15) is 43.0 Å². The molecule has 0 aromatic carbocycles. The third-order valence-electron chi connectivity index (χ3n) is 4.75. The van der Waals surface area contributed by atoms with Crippen molar-refractivity contribution in [2.75, 3.05) is 13.1 Å². The van der Waals surface area contributed by atoms with Crippen LogP contribution in [-0.2, 0) is 14.7 Å². The summed E-state index contributed by atoms with van der Waals surface area (Å²) < 4.78 is 40.8. The topological polar surface area (TPSA) is 164 Å². The fraction of sp³-hybridized carbons (Fsp3) is 0.750. The van der Waals surface area contributed by atoms with E-state index in [1.54, 1.807) is 0 Å². The fourth-order valence-corrected chi connectivity index (χ4v) is 3.98. The molecular formula is C12H18N6O6S. The normalized spacial score (nSPS) is 32.6. The van der Waals surface area contributed by atoms with Gasteiger partial charge in [0, 0.05) is 13.1 Å². The van der Waals surface area contributed by atoms with Gasteiger partial charge in [-0.3, -0.25) is 4.55 Å². The lowest BCUT2D eigenvalue weighted by atomic mass is 10.0. The van der Waals surface area contributed by atoms with Gasteiger partial charge in [-0.1, -0.05) is 0 Å². The first kappa shape index (κ1) is 16.7. The molecule has 3 aliphatic rings. The Balaban J connectivity index is 1.51. The van der Waals surface area contributed by atoms with Gasteiger partial charge in [0.2, 0.25) is 11.8 Å². The van der Waals surface area contributed by atoms with Crippen LogP contribution in [0.5, 0.6) is 0 Å². The molecule has 4 heterocycles. The van der Waals surface area contributed by atoms with E-state index in [2.05, 4.69) is 19.8 Å². The number of nitrogens with zero attached hydrogens (tertiary/aromatic N) is 4. The van der Waals surface area contributed by atoms with E-state index in [1.165, 1.54) is 4.90 Å². The molecule has 1 aromatic rings. The van der Waals surface area contributed by atoms with Gasteiger partial charge in [0.1, 0.15) is 6.04 Å². The van der Waals surface area contributed by atoms with Crippen LogP contribution in [0.3, 0.4) is 0 Å². The van der Waals surface area contributed by atoms with Crippen LogP contribution in [0, 0.1) is 0 Å². The molecule has 1 aromatic heterocycles. The van der Waals surface area contributed by atoms with Crippen LogP contribution in [0.15, 0.2) is 4.42 Å². The molecule has 2 amide bonds. The lowest BCUT2D eigenvalue weighted by molar-refractivity contribution is -0.0317. The third-order valence-corrected chi connectivity index (χ3v) is 5.10. The largest absolute Gasteiger partial charge is 0.423 e. The first-order valence-electron chi connectivity index (χ1n) is 7.91. The molecule has 3 fully saturated rings. The van der Waals surface area contributed by atoms with Crippen LogP contribution in [0.2, 0.25) is 0 Å². The molecule has 3 aliphatic heterocycles. The second kappa shape index (κ2) is 5.88. The Morgan fingerprint density at radius 3 is 2.76 bits per heavy atom. The van der Waals surface area contributed by atoms with Crippen LogP contribution < -0.4 is 11.1 Å². The van der Waals surface area contributed by atoms with E-state index in [1.807, 2.05) is 0 Å². The fourth-order valence-electron chi connectivity index (χ4n) is 3.59. The first-order valence-corrected chi connectivity index (χ1v) is 9.27. The standard InChI is InChI=1S/C12H18N6O6S/c13-9-3-6(4-14-9)10-15-16-11(23-10)8-2-1-7-5-17(8)12(19)18(7)24-25(20,21)22/h6-9,14H,1-5,13H2,(H,20,21,22)/t6-,7+,8-,9-/m0/s1. The zero-order valence-corrected chi connectivity index (χ0v) is 13.9. The molecule has 25 heavy (non-hydrogen) atoms. The van der Waals surface area contributed by atoms with Crippen molar-refractivity contribution in [1.29, 1.82) is 0 Å². The highest BCUT2D eigenvalue weighted by Crippen LogP contribution is 2.38. The summed E-state index contributed by atoms with van der Waals surface area (Å²) in [6.45, 7) is 0.904. The Morgan fingerprint density at radius 1 is 1.32 bits per heavy atom. The molecule has 2 bridgehead atoms. The van der Waals surface area contributed by atoms with Gasteiger partial charge in [-0.25, -0.2) is 4.79 Å². The van der Waals surface area contributed by atoms with E-state index in [0.717, 1.165) is 0 Å². The highest BCUT2D eigenvalue weighted by molar-refractivity contribution is 7.80. The maximum absolute atomic E-state index is 12.4. The Bertz CT molecular complexity index is 783. The van der Waals surface area contributed by atoms with Crippen LogP contribution >= 0.6 is 0 Å². The van der Waals surface area contributed by atoms with Crippen LogP contribution in [0.25, 0.3) is 0 Å². The molecular weight excluding hydrogens is 356 g/mol. The Kier molecular flexibility index (Phi) is 3.92. The molecule has 13 heteroatoms. The average Bonchev–Trinajstić information content (AvgIpc) is 3.23. The molecule has 0 aliphatic carbocycles. The van der Waals surface area contributed by atoms with Crippen molar-refractivity contribution < 1.29 is 26.5 Å². The smallest absolute Gasteiger partial charge is 0.418 e. The summed E-state index contributed by atoms with van der Waals surface area (Å²) >= 11 is 0. The molecule has 4 rings (SSSR count). The van der Waals surface area contributed by atoms with Crippen molar-refractivity contribution in [1.82, 2.24) is 25.5 Å². The third kappa shape index (κ3) is 3.08. The minimum Gasteiger partial charge on any atom is -0.423 e. The predicted molar refractivity (Wildman–Crippen MR) is 80.0 cm³/mol. The SMILES string of the molecule is N[C@@H]1C[C@H](c2nnc([C@@H]3CC[C@@H]4CN3C(=O)N4OS(=O)(=O)O)o2)CN1. The molecule has 0 radical (unpaired) electrons. The van der Waals surface area contributed by atoms with Crippen molar-refractivity contribution in [3.05, 3.63) is 11.8 Å². The van der Waals surface area contributed by atoms with E-state index >= 15 is 0 Å². The second-order valence-electron chi connectivity index (χ2n) is 6.44. The summed E-state index contributed by atoms with van der Waals surface area (Å²) in [6, 6.07) is -1.57. The van der Waals surface area contributed by atoms with Gasteiger partial charge in [-0.15, -0.1) is 14.5 Å². The van der Waals surface area contributed by atoms with Crippen molar-refractivity contribution in [3.8, 4) is 0 Å². The molecule has 0 unspecified atom stereocenters. The zero-order valence-electron chi connectivity index (χ0n) is 13.1. The number of hydrogen-bond donors (Lipinski definition) is 3. The summed E-state index contributed by atoms with van der Waals surface area (Å²) in [5, 5.41) is 11.9. The maximum atomic E-state index is 12.4. The summed E-state index contributed by atoms with van der Waals surface area (Å²) in [5.74, 6) is 0.799. The quantitative estimate of drug-likeness (QED) is 0.563. The number of amides is 2. The molecule has 3 saturated heterocycles. The van der Waals surface area contributed by atoms with Crippen LogP contribution in [0.4, 0.5) is 4.79 Å². The number of urea groups is 1. The number of hydrogen-bond acceptors (Lipinski definition) is 9. The number of aromatic nitrogens is 2. The summed E-state index contributed by atoms with van der Waals surface area (Å²) in [6.07, 6.45) is 1.58. The minimum absolute atomic E-state index is 0.0289. The summed E-state index contributed by atoms with van der Waals surface area (Å²) in [7, 11) is -4.77. The molecule has 0 spiro atoms. The average molecular weight is 374 g/mol. The Labute approximate surface area is 143 Å². The Hall–Kier alpha value is -1.80. The number of nitrogens with two attached hydrogens (primary N) is 1. The van der Waals surface area contributed by atoms with Gasteiger partial charge in [-0.2, -0.15) is 13.5 Å². The number of nitrogens with one attached hydrogen (secondary N) is 1. The van der Waals surface area contributed by atoms with Crippen molar-refractivity contribution in [2.24, 2.45) is 5.73 Å². The van der Waals surface area contributed by atoms with Crippen molar-refractivity contribution in [2.45, 2.75) is 43.4 Å². The number of carbonyl (C=O) groups is 1. The lowest BCUT2D eigenvalue weighted by Gasteiger charge is -2.27. The van der Waals surface area contributed by atoms with Gasteiger partial charge in [-0.05, 0) is 19.3 Å². The summed E-state index contributed by atoms with van der Waals surface area (Å²) in [5.41, 5.74) is 5.80. The highest BCUT2D eigenvalue weighted by Gasteiger charge is 2.49. The van der Waals surface area contributed by atoms with E-state index in [0.29, 0.717) is 42.7 Å². The van der Waals surface area contributed by atoms with E-state index in [4.69, 9.17) is 14.7 Å². The maximum Gasteiger partial charge on any atom is 0.418 e. The van der Waals surface area contributed by atoms with E-state index in [-0.39, 0.29) is 18.6 Å². The molecule has 4 N–H and O–H groups in total. The predicted octanol–water partition coefficient (Wildman–Crippen LogP) is -0.893. The monoisotopic (exact) mass is 374 g/mol. The highest BCUT2D eigenvalue weighted by atomic mass is 32.3. The van der Waals surface area contributed by atoms with E-state index < -0.39 is 28.5 Å². The molecule has 138 valence electrons. The van der Waals surface area contributed by atoms with Gasteiger partial charge in [0.15, 0.2) is 0 Å². The van der Waals surface area contributed by atoms with Crippen LogP contribution in [-0.4, -0.2) is 64.5 Å². The van der Waals surface area contributed by atoms with E-state index in [9.17, 15) is 13.2 Å².